The quantitative estimate of drug-likeness (QED) is 0.667. The molecule has 0 amide bonds. The summed E-state index contributed by atoms with van der Waals surface area (Å²) in [6.45, 7) is 0.460. The minimum absolute atomic E-state index is 0.230. The molecule has 0 aliphatic rings. The highest BCUT2D eigenvalue weighted by Gasteiger charge is 2.76. The summed E-state index contributed by atoms with van der Waals surface area (Å²) in [5, 5.41) is 17.2. The third-order valence-corrected chi connectivity index (χ3v) is 1.71. The second-order valence-corrected chi connectivity index (χ2v) is 3.26. The van der Waals surface area contributed by atoms with E-state index in [0.717, 1.165) is 0 Å². The minimum atomic E-state index is -6.00. The highest BCUT2D eigenvalue weighted by atomic mass is 19.4. The van der Waals surface area contributed by atoms with Crippen molar-refractivity contribution in [1.82, 2.24) is 0 Å². The van der Waals surface area contributed by atoms with E-state index in [1.807, 2.05) is 0 Å². The van der Waals surface area contributed by atoms with Crippen LogP contribution in [0.2, 0.25) is 0 Å². The third kappa shape index (κ3) is 1.81. The molecule has 0 fully saturated rings. The van der Waals surface area contributed by atoms with E-state index in [9.17, 15) is 26.3 Å². The van der Waals surface area contributed by atoms with Gasteiger partial charge in [-0.05, 0) is 13.8 Å². The Morgan fingerprint density at radius 1 is 0.714 bits per heavy atom. The molecule has 86 valence electrons. The van der Waals surface area contributed by atoms with Gasteiger partial charge in [-0.25, -0.2) is 0 Å². The molecule has 0 aromatic heterocycles. The number of halogens is 6. The second-order valence-electron chi connectivity index (χ2n) is 3.26. The van der Waals surface area contributed by atoms with E-state index >= 15 is 0 Å². The molecule has 0 radical (unpaired) electrons. The minimum Gasteiger partial charge on any atom is -0.387 e. The second kappa shape index (κ2) is 2.99. The molecule has 8 heteroatoms. The Morgan fingerprint density at radius 3 is 0.929 bits per heavy atom. The fourth-order valence-corrected chi connectivity index (χ4v) is 0.854. The summed E-state index contributed by atoms with van der Waals surface area (Å²) < 4.78 is 71.8. The molecule has 0 aliphatic heterocycles. The maximum Gasteiger partial charge on any atom is 0.429 e. The average Bonchev–Trinajstić information content (AvgIpc) is 1.77. The zero-order valence-corrected chi connectivity index (χ0v) is 7.16. The Hall–Kier alpha value is -0.500. The Kier molecular flexibility index (Phi) is 2.89. The summed E-state index contributed by atoms with van der Waals surface area (Å²) >= 11 is 0. The molecule has 2 nitrogen and oxygen atoms in total. The van der Waals surface area contributed by atoms with E-state index in [-0.39, 0.29) is 13.8 Å². The van der Waals surface area contributed by atoms with E-state index in [0.29, 0.717) is 0 Å². The van der Waals surface area contributed by atoms with Crippen LogP contribution in [0.4, 0.5) is 26.3 Å². The van der Waals surface area contributed by atoms with Gasteiger partial charge >= 0.3 is 12.4 Å². The van der Waals surface area contributed by atoms with Gasteiger partial charge in [0.2, 0.25) is 0 Å². The lowest BCUT2D eigenvalue weighted by molar-refractivity contribution is -0.407. The smallest absolute Gasteiger partial charge is 0.387 e. The van der Waals surface area contributed by atoms with Crippen LogP contribution in [0.15, 0.2) is 0 Å². The lowest BCUT2D eigenvalue weighted by atomic mass is 9.84. The van der Waals surface area contributed by atoms with Crippen LogP contribution in [0.5, 0.6) is 0 Å². The van der Waals surface area contributed by atoms with Gasteiger partial charge in [0.15, 0.2) is 0 Å². The van der Waals surface area contributed by atoms with Gasteiger partial charge in [-0.15, -0.1) is 0 Å². The van der Waals surface area contributed by atoms with Crippen molar-refractivity contribution in [3.8, 4) is 0 Å². The van der Waals surface area contributed by atoms with E-state index in [1.165, 1.54) is 0 Å². The maximum absolute atomic E-state index is 12.0. The van der Waals surface area contributed by atoms with Gasteiger partial charge in [0.05, 0.1) is 0 Å². The Labute approximate surface area is 75.1 Å². The molecule has 14 heavy (non-hydrogen) atoms. The highest BCUT2D eigenvalue weighted by molar-refractivity contribution is 5.05. The molecule has 0 rings (SSSR count). The normalized spacial score (nSPS) is 15.9. The van der Waals surface area contributed by atoms with Crippen LogP contribution in [-0.4, -0.2) is 33.8 Å². The van der Waals surface area contributed by atoms with Crippen molar-refractivity contribution in [1.29, 1.82) is 0 Å². The molecule has 0 aromatic rings. The largest absolute Gasteiger partial charge is 0.429 e. The molecule has 0 aromatic carbocycles. The third-order valence-electron chi connectivity index (χ3n) is 1.71. The molecule has 0 bridgehead atoms. The van der Waals surface area contributed by atoms with Crippen LogP contribution < -0.4 is 0 Å². The summed E-state index contributed by atoms with van der Waals surface area (Å²) in [6.07, 6.45) is -12.0. The van der Waals surface area contributed by atoms with E-state index in [1.54, 1.807) is 0 Å². The zero-order valence-electron chi connectivity index (χ0n) is 7.16. The molecule has 0 heterocycles. The first-order valence-electron chi connectivity index (χ1n) is 3.33. The number of alkyl halides is 6. The fraction of sp³-hybridized carbons (Fsp3) is 1.00. The van der Waals surface area contributed by atoms with Gasteiger partial charge in [-0.1, -0.05) is 0 Å². The average molecular weight is 226 g/mol. The van der Waals surface area contributed by atoms with Crippen molar-refractivity contribution in [2.45, 2.75) is 37.4 Å². The molecule has 0 saturated heterocycles. The molecule has 0 unspecified atom stereocenters. The zero-order chi connectivity index (χ0) is 12.0. The lowest BCUT2D eigenvalue weighted by Gasteiger charge is -2.40. The van der Waals surface area contributed by atoms with Gasteiger partial charge in [-0.2, -0.15) is 26.3 Å². The molecule has 2 N–H and O–H groups in total. The van der Waals surface area contributed by atoms with Crippen molar-refractivity contribution in [3.63, 3.8) is 0 Å². The number of hydrogen-bond acceptors (Lipinski definition) is 2. The van der Waals surface area contributed by atoms with Gasteiger partial charge in [0.1, 0.15) is 5.60 Å². The molecule has 0 atom stereocenters. The van der Waals surface area contributed by atoms with Crippen LogP contribution in [0.1, 0.15) is 13.8 Å². The Balaban J connectivity index is 5.54. The topological polar surface area (TPSA) is 40.5 Å². The monoisotopic (exact) mass is 226 g/mol. The summed E-state index contributed by atoms with van der Waals surface area (Å²) in [4.78, 5) is 0. The van der Waals surface area contributed by atoms with E-state index < -0.39 is 23.6 Å². The van der Waals surface area contributed by atoms with Crippen molar-refractivity contribution in [3.05, 3.63) is 0 Å². The molecule has 0 saturated carbocycles. The molecular weight excluding hydrogens is 218 g/mol. The number of aliphatic hydroxyl groups is 2. The first-order valence-corrected chi connectivity index (χ1v) is 3.33. The standard InChI is InChI=1S/C6H8F6O2/c1-3(2,13)4(14,5(7,8)9)6(10,11)12/h13-14H,1-2H3. The van der Waals surface area contributed by atoms with Crippen LogP contribution in [0.25, 0.3) is 0 Å². The van der Waals surface area contributed by atoms with Crippen molar-refractivity contribution < 1.29 is 36.6 Å². The van der Waals surface area contributed by atoms with Gasteiger partial charge < -0.3 is 10.2 Å². The van der Waals surface area contributed by atoms with Gasteiger partial charge in [0, 0.05) is 0 Å². The summed E-state index contributed by atoms with van der Waals surface area (Å²) in [5.74, 6) is 0. The van der Waals surface area contributed by atoms with Crippen LogP contribution in [-0.2, 0) is 0 Å². The van der Waals surface area contributed by atoms with E-state index in [4.69, 9.17) is 10.2 Å². The van der Waals surface area contributed by atoms with Crippen molar-refractivity contribution >= 4 is 0 Å². The first kappa shape index (κ1) is 13.5. The molecule has 0 aliphatic carbocycles. The van der Waals surface area contributed by atoms with Crippen molar-refractivity contribution in [2.75, 3.05) is 0 Å². The molecule has 0 spiro atoms. The maximum atomic E-state index is 12.0. The summed E-state index contributed by atoms with van der Waals surface area (Å²) in [7, 11) is 0. The number of hydrogen-bond donors (Lipinski definition) is 2. The van der Waals surface area contributed by atoms with Crippen LogP contribution in [0.3, 0.4) is 0 Å². The summed E-state index contributed by atoms with van der Waals surface area (Å²) in [5.41, 5.74) is -8.50. The van der Waals surface area contributed by atoms with Gasteiger partial charge in [-0.3, -0.25) is 0 Å². The van der Waals surface area contributed by atoms with Crippen LogP contribution >= 0.6 is 0 Å². The van der Waals surface area contributed by atoms with E-state index in [2.05, 4.69) is 0 Å². The Morgan fingerprint density at radius 2 is 0.929 bits per heavy atom. The lowest BCUT2D eigenvalue weighted by Crippen LogP contribution is -2.68. The van der Waals surface area contributed by atoms with Crippen molar-refractivity contribution in [2.24, 2.45) is 0 Å². The number of rotatable bonds is 1. The SMILES string of the molecule is CC(C)(O)C(O)(C(F)(F)F)C(F)(F)F. The predicted octanol–water partition coefficient (Wildman–Crippen LogP) is 1.61. The first-order chi connectivity index (χ1) is 5.75. The Bertz CT molecular complexity index is 174. The van der Waals surface area contributed by atoms with Gasteiger partial charge in [0.25, 0.3) is 5.60 Å². The fourth-order valence-electron chi connectivity index (χ4n) is 0.854. The molecular formula is C6H8F6O2. The highest BCUT2D eigenvalue weighted by Crippen LogP contribution is 2.48. The van der Waals surface area contributed by atoms with Crippen LogP contribution in [0, 0.1) is 0 Å². The summed E-state index contributed by atoms with van der Waals surface area (Å²) in [6, 6.07) is 0. The predicted molar refractivity (Wildman–Crippen MR) is 33.4 cm³/mol.